The zero-order chi connectivity index (χ0) is 21.3. The molecule has 0 N–H and O–H groups in total. The first-order chi connectivity index (χ1) is 14.5. The average molecular weight is 469 g/mol. The third-order valence-corrected chi connectivity index (χ3v) is 4.92. The molecule has 0 saturated heterocycles. The van der Waals surface area contributed by atoms with Crippen LogP contribution >= 0.6 is 15.9 Å². The van der Waals surface area contributed by atoms with E-state index in [0.29, 0.717) is 16.9 Å². The van der Waals surface area contributed by atoms with Gasteiger partial charge in [0.1, 0.15) is 23.1 Å². The fourth-order valence-electron chi connectivity index (χ4n) is 2.98. The van der Waals surface area contributed by atoms with Crippen LogP contribution in [0.25, 0.3) is 6.08 Å². The number of ketones is 1. The molecule has 0 aromatic heterocycles. The normalized spacial score (nSPS) is 13.7. The molecule has 0 amide bonds. The van der Waals surface area contributed by atoms with Crippen molar-refractivity contribution in [1.82, 2.24) is 0 Å². The average Bonchev–Trinajstić information content (AvgIpc) is 3.03. The molecule has 0 saturated carbocycles. The summed E-state index contributed by atoms with van der Waals surface area (Å²) in [6.45, 7) is 0. The first-order valence-electron chi connectivity index (χ1n) is 8.85. The van der Waals surface area contributed by atoms with Crippen molar-refractivity contribution in [3.8, 4) is 17.2 Å². The summed E-state index contributed by atoms with van der Waals surface area (Å²) in [5.41, 5.74) is 0.812. The lowest BCUT2D eigenvalue weighted by Crippen LogP contribution is -2.10. The molecule has 3 aromatic carbocycles. The zero-order valence-electron chi connectivity index (χ0n) is 15.6. The summed E-state index contributed by atoms with van der Waals surface area (Å²) in [6.07, 6.45) is 1.58. The number of Topliss-reactive ketones (excluding diaryl/α,β-unsaturated/α-hetero) is 1. The summed E-state index contributed by atoms with van der Waals surface area (Å²) in [4.78, 5) is 24.9. The first-order valence-corrected chi connectivity index (χ1v) is 9.64. The Morgan fingerprint density at radius 2 is 1.90 bits per heavy atom. The van der Waals surface area contributed by atoms with Gasteiger partial charge in [0.2, 0.25) is 5.78 Å². The molecule has 0 bridgehead atoms. The summed E-state index contributed by atoms with van der Waals surface area (Å²) in [5, 5.41) is 0. The van der Waals surface area contributed by atoms with Gasteiger partial charge in [-0.2, -0.15) is 0 Å². The molecule has 0 atom stereocenters. The topological polar surface area (TPSA) is 61.8 Å². The Balaban J connectivity index is 1.60. The predicted octanol–water partition coefficient (Wildman–Crippen LogP) is 5.43. The number of carbonyl (C=O) groups excluding carboxylic acids is 2. The summed E-state index contributed by atoms with van der Waals surface area (Å²) in [5.74, 6) is -0.749. The maximum absolute atomic E-state index is 13.8. The predicted molar refractivity (Wildman–Crippen MR) is 111 cm³/mol. The molecule has 1 aliphatic heterocycles. The lowest BCUT2D eigenvalue weighted by atomic mass is 10.1. The minimum absolute atomic E-state index is 0.110. The molecule has 0 fully saturated rings. The Labute approximate surface area is 179 Å². The van der Waals surface area contributed by atoms with Gasteiger partial charge in [-0.05, 0) is 48.5 Å². The maximum Gasteiger partial charge on any atom is 0.346 e. The van der Waals surface area contributed by atoms with Gasteiger partial charge in [-0.1, -0.05) is 28.1 Å². The van der Waals surface area contributed by atoms with Crippen molar-refractivity contribution >= 4 is 33.8 Å². The fraction of sp³-hybridized carbons (Fsp3) is 0.0435. The van der Waals surface area contributed by atoms with Crippen LogP contribution in [0.1, 0.15) is 26.3 Å². The van der Waals surface area contributed by atoms with Crippen LogP contribution in [0.3, 0.4) is 0 Å². The Hall–Kier alpha value is -3.45. The molecule has 150 valence electrons. The second kappa shape index (κ2) is 8.12. The van der Waals surface area contributed by atoms with Gasteiger partial charge in [-0.25, -0.2) is 9.18 Å². The van der Waals surface area contributed by atoms with E-state index in [1.165, 1.54) is 49.6 Å². The van der Waals surface area contributed by atoms with Crippen LogP contribution in [0.2, 0.25) is 0 Å². The molecule has 5 nitrogen and oxygen atoms in total. The quantitative estimate of drug-likeness (QED) is 0.290. The van der Waals surface area contributed by atoms with Crippen molar-refractivity contribution in [3.05, 3.63) is 93.4 Å². The molecule has 3 aromatic rings. The minimum atomic E-state index is -0.841. The Morgan fingerprint density at radius 3 is 2.67 bits per heavy atom. The molecule has 4 rings (SSSR count). The molecule has 0 aliphatic carbocycles. The number of methoxy groups -OCH3 is 1. The van der Waals surface area contributed by atoms with E-state index in [4.69, 9.17) is 14.2 Å². The van der Waals surface area contributed by atoms with Crippen molar-refractivity contribution in [1.29, 1.82) is 0 Å². The number of fused-ring (bicyclic) bond motifs is 1. The summed E-state index contributed by atoms with van der Waals surface area (Å²) < 4.78 is 30.8. The Kier molecular flexibility index (Phi) is 5.37. The van der Waals surface area contributed by atoms with Crippen molar-refractivity contribution in [3.63, 3.8) is 0 Å². The van der Waals surface area contributed by atoms with E-state index in [1.54, 1.807) is 18.2 Å². The maximum atomic E-state index is 13.8. The molecule has 0 radical (unpaired) electrons. The Morgan fingerprint density at radius 1 is 1.10 bits per heavy atom. The van der Waals surface area contributed by atoms with Crippen LogP contribution in [-0.2, 0) is 0 Å². The molecule has 7 heteroatoms. The molecule has 1 heterocycles. The van der Waals surface area contributed by atoms with E-state index in [1.807, 2.05) is 6.07 Å². The number of allylic oxidation sites excluding steroid dienone is 1. The number of carbonyl (C=O) groups is 2. The number of esters is 1. The van der Waals surface area contributed by atoms with Gasteiger partial charge >= 0.3 is 5.97 Å². The third-order valence-electron chi connectivity index (χ3n) is 4.42. The minimum Gasteiger partial charge on any atom is -0.496 e. The molecule has 1 aliphatic rings. The molecular formula is C23H14BrFO5. The van der Waals surface area contributed by atoms with Gasteiger partial charge in [0, 0.05) is 16.1 Å². The lowest BCUT2D eigenvalue weighted by Gasteiger charge is -2.07. The van der Waals surface area contributed by atoms with E-state index in [-0.39, 0.29) is 28.6 Å². The third kappa shape index (κ3) is 3.84. The number of hydrogen-bond donors (Lipinski definition) is 0. The second-order valence-electron chi connectivity index (χ2n) is 6.35. The van der Waals surface area contributed by atoms with Crippen LogP contribution in [0.15, 0.2) is 70.9 Å². The number of benzene rings is 3. The largest absolute Gasteiger partial charge is 0.496 e. The second-order valence-corrected chi connectivity index (χ2v) is 7.27. The van der Waals surface area contributed by atoms with Gasteiger partial charge in [0.15, 0.2) is 5.76 Å². The van der Waals surface area contributed by atoms with Crippen LogP contribution in [-0.4, -0.2) is 18.9 Å². The number of hydrogen-bond acceptors (Lipinski definition) is 5. The highest BCUT2D eigenvalue weighted by molar-refractivity contribution is 9.10. The Bertz CT molecular complexity index is 1200. The number of ether oxygens (including phenoxy) is 3. The van der Waals surface area contributed by atoms with Crippen LogP contribution in [0.5, 0.6) is 17.2 Å². The van der Waals surface area contributed by atoms with Gasteiger partial charge < -0.3 is 14.2 Å². The van der Waals surface area contributed by atoms with Crippen LogP contribution in [0.4, 0.5) is 4.39 Å². The lowest BCUT2D eigenvalue weighted by molar-refractivity contribution is 0.0729. The highest BCUT2D eigenvalue weighted by atomic mass is 79.9. The molecule has 30 heavy (non-hydrogen) atoms. The highest BCUT2D eigenvalue weighted by Gasteiger charge is 2.28. The first kappa shape index (κ1) is 19.8. The molecule has 0 spiro atoms. The van der Waals surface area contributed by atoms with Crippen LogP contribution < -0.4 is 14.2 Å². The van der Waals surface area contributed by atoms with Crippen molar-refractivity contribution in [2.75, 3.05) is 7.11 Å². The van der Waals surface area contributed by atoms with Crippen molar-refractivity contribution < 1.29 is 28.2 Å². The van der Waals surface area contributed by atoms with Gasteiger partial charge in [-0.15, -0.1) is 0 Å². The number of rotatable bonds is 4. The fourth-order valence-corrected chi connectivity index (χ4v) is 3.36. The van der Waals surface area contributed by atoms with Gasteiger partial charge in [0.25, 0.3) is 0 Å². The summed E-state index contributed by atoms with van der Waals surface area (Å²) in [7, 11) is 1.54. The smallest absolute Gasteiger partial charge is 0.346 e. The van der Waals surface area contributed by atoms with Gasteiger partial charge in [0.05, 0.1) is 18.2 Å². The van der Waals surface area contributed by atoms with E-state index >= 15 is 0 Å². The molecular weight excluding hydrogens is 455 g/mol. The van der Waals surface area contributed by atoms with Crippen LogP contribution in [0, 0.1) is 5.82 Å². The van der Waals surface area contributed by atoms with E-state index < -0.39 is 11.8 Å². The van der Waals surface area contributed by atoms with Gasteiger partial charge in [-0.3, -0.25) is 4.79 Å². The van der Waals surface area contributed by atoms with E-state index in [2.05, 4.69) is 15.9 Å². The van der Waals surface area contributed by atoms with E-state index in [9.17, 15) is 14.0 Å². The number of halogens is 2. The summed E-state index contributed by atoms with van der Waals surface area (Å²) in [6, 6.07) is 15.3. The van der Waals surface area contributed by atoms with E-state index in [0.717, 1.165) is 4.47 Å². The molecule has 0 unspecified atom stereocenters. The monoisotopic (exact) mass is 468 g/mol. The van der Waals surface area contributed by atoms with Crippen molar-refractivity contribution in [2.24, 2.45) is 0 Å². The summed E-state index contributed by atoms with van der Waals surface area (Å²) >= 11 is 3.39. The highest BCUT2D eigenvalue weighted by Crippen LogP contribution is 2.36. The zero-order valence-corrected chi connectivity index (χ0v) is 17.2. The standard InChI is InChI=1S/C23H14BrFO5/c1-28-19-9-6-14(24)10-13(19)11-21-22(26)17-8-7-15(12-20(17)30-21)29-23(27)16-4-2-3-5-18(16)25/h2-12H,1H3. The van der Waals surface area contributed by atoms with Crippen molar-refractivity contribution in [2.45, 2.75) is 0 Å². The SMILES string of the molecule is COc1ccc(Br)cc1C=C1Oc2cc(OC(=O)c3ccccc3F)ccc2C1=O.